The fraction of sp³-hybridized carbons (Fsp3) is 0.195. The van der Waals surface area contributed by atoms with Crippen LogP contribution in [0.4, 0.5) is 0 Å². The highest BCUT2D eigenvalue weighted by molar-refractivity contribution is 6.01. The summed E-state index contributed by atoms with van der Waals surface area (Å²) < 4.78 is 0. The van der Waals surface area contributed by atoms with Crippen LogP contribution >= 0.6 is 0 Å². The van der Waals surface area contributed by atoms with Gasteiger partial charge in [-0.25, -0.2) is 15.0 Å². The predicted octanol–water partition coefficient (Wildman–Crippen LogP) is 10.2. The molecular formula is C41H33N3. The van der Waals surface area contributed by atoms with Gasteiger partial charge in [0.2, 0.25) is 0 Å². The van der Waals surface area contributed by atoms with E-state index >= 15 is 0 Å². The zero-order valence-corrected chi connectivity index (χ0v) is 25.1. The molecule has 5 aromatic carbocycles. The highest BCUT2D eigenvalue weighted by atomic mass is 15.0. The van der Waals surface area contributed by atoms with Crippen molar-refractivity contribution in [2.45, 2.75) is 50.4 Å². The molecule has 3 nitrogen and oxygen atoms in total. The number of hydrogen-bond donors (Lipinski definition) is 0. The lowest BCUT2D eigenvalue weighted by Gasteiger charge is -2.30. The lowest BCUT2D eigenvalue weighted by atomic mass is 9.72. The molecule has 6 aromatic rings. The fourth-order valence-electron chi connectivity index (χ4n) is 8.30. The fourth-order valence-corrected chi connectivity index (χ4v) is 8.30. The molecule has 1 heterocycles. The van der Waals surface area contributed by atoms with Crippen molar-refractivity contribution in [1.29, 1.82) is 0 Å². The summed E-state index contributed by atoms with van der Waals surface area (Å²) in [5, 5.41) is 0. The molecule has 0 N–H and O–H groups in total. The molecule has 0 saturated heterocycles. The Bertz CT molecular complexity index is 2020. The number of fused-ring (bicyclic) bond motifs is 10. The van der Waals surface area contributed by atoms with E-state index < -0.39 is 0 Å². The average molecular weight is 568 g/mol. The highest BCUT2D eigenvalue weighted by Gasteiger charge is 2.50. The second kappa shape index (κ2) is 9.56. The first-order chi connectivity index (χ1) is 21.7. The summed E-state index contributed by atoms with van der Waals surface area (Å²) in [6.07, 6.45) is 3.33. The van der Waals surface area contributed by atoms with Gasteiger partial charge in [-0.1, -0.05) is 129 Å². The third-order valence-corrected chi connectivity index (χ3v) is 10.6. The molecule has 44 heavy (non-hydrogen) atoms. The van der Waals surface area contributed by atoms with Crippen LogP contribution in [0, 0.1) is 0 Å². The van der Waals surface area contributed by atoms with Gasteiger partial charge < -0.3 is 0 Å². The molecule has 0 aliphatic heterocycles. The number of benzene rings is 5. The van der Waals surface area contributed by atoms with Crippen molar-refractivity contribution in [2.24, 2.45) is 0 Å². The first-order valence-corrected chi connectivity index (χ1v) is 16.0. The van der Waals surface area contributed by atoms with E-state index in [4.69, 9.17) is 15.0 Å². The molecule has 9 rings (SSSR count). The molecule has 0 bridgehead atoms. The van der Waals surface area contributed by atoms with Crippen molar-refractivity contribution in [1.82, 2.24) is 15.0 Å². The van der Waals surface area contributed by atoms with Crippen LogP contribution in [0.15, 0.2) is 115 Å². The summed E-state index contributed by atoms with van der Waals surface area (Å²) in [6, 6.07) is 41.4. The maximum absolute atomic E-state index is 5.21. The van der Waals surface area contributed by atoms with E-state index in [0.29, 0.717) is 23.5 Å². The van der Waals surface area contributed by atoms with Gasteiger partial charge in [-0.2, -0.15) is 0 Å². The van der Waals surface area contributed by atoms with Crippen molar-refractivity contribution < 1.29 is 0 Å². The average Bonchev–Trinajstić information content (AvgIpc) is 3.86. The van der Waals surface area contributed by atoms with E-state index in [1.54, 1.807) is 0 Å². The Morgan fingerprint density at radius 1 is 0.500 bits per heavy atom. The van der Waals surface area contributed by atoms with Crippen LogP contribution in [0.3, 0.4) is 0 Å². The summed E-state index contributed by atoms with van der Waals surface area (Å²) in [6.45, 7) is 4.70. The van der Waals surface area contributed by atoms with Crippen LogP contribution in [0.5, 0.6) is 0 Å². The van der Waals surface area contributed by atoms with E-state index in [9.17, 15) is 0 Å². The highest BCUT2D eigenvalue weighted by Crippen LogP contribution is 2.66. The van der Waals surface area contributed by atoms with Gasteiger partial charge in [-0.3, -0.25) is 0 Å². The molecule has 3 aliphatic rings. The minimum atomic E-state index is -0.0530. The third-order valence-electron chi connectivity index (χ3n) is 10.6. The summed E-state index contributed by atoms with van der Waals surface area (Å²) in [5.41, 5.74) is 14.5. The van der Waals surface area contributed by atoms with Crippen molar-refractivity contribution >= 4 is 0 Å². The van der Waals surface area contributed by atoms with E-state index in [2.05, 4.69) is 92.7 Å². The van der Waals surface area contributed by atoms with Crippen LogP contribution in [0.1, 0.15) is 67.2 Å². The summed E-state index contributed by atoms with van der Waals surface area (Å²) in [5.74, 6) is 3.40. The Morgan fingerprint density at radius 2 is 1.07 bits per heavy atom. The lowest BCUT2D eigenvalue weighted by molar-refractivity contribution is 0.490. The van der Waals surface area contributed by atoms with Gasteiger partial charge in [0.05, 0.1) is 0 Å². The molecule has 0 radical (unpaired) electrons. The molecule has 0 amide bonds. The Balaban J connectivity index is 1.36. The van der Waals surface area contributed by atoms with Gasteiger partial charge in [0.25, 0.3) is 0 Å². The summed E-state index contributed by atoms with van der Waals surface area (Å²) >= 11 is 0. The van der Waals surface area contributed by atoms with Crippen LogP contribution in [-0.2, 0) is 5.41 Å². The zero-order chi connectivity index (χ0) is 29.4. The second-order valence-electron chi connectivity index (χ2n) is 12.5. The van der Waals surface area contributed by atoms with Crippen LogP contribution in [0.2, 0.25) is 0 Å². The summed E-state index contributed by atoms with van der Waals surface area (Å²) in [7, 11) is 0. The molecule has 2 unspecified atom stereocenters. The van der Waals surface area contributed by atoms with Crippen molar-refractivity contribution in [3.05, 3.63) is 138 Å². The van der Waals surface area contributed by atoms with Crippen molar-refractivity contribution in [2.75, 3.05) is 0 Å². The van der Waals surface area contributed by atoms with E-state index in [0.717, 1.165) is 35.4 Å². The number of aromatic nitrogens is 3. The van der Waals surface area contributed by atoms with Crippen LogP contribution < -0.4 is 0 Å². The molecule has 2 atom stereocenters. The third kappa shape index (κ3) is 3.53. The molecule has 0 spiro atoms. The van der Waals surface area contributed by atoms with Gasteiger partial charge >= 0.3 is 0 Å². The molecular weight excluding hydrogens is 534 g/mol. The van der Waals surface area contributed by atoms with E-state index in [-0.39, 0.29) is 5.41 Å². The first kappa shape index (κ1) is 25.6. The molecule has 3 heteroatoms. The standard InChI is InChI=1S/C41H33N3/c1-3-41(4-2)33-21-13-20-30(40-43-38(25-14-7-5-8-15-25)42-39(44-40)26-16-9-6-10-17-26)36(33)37-34(41)23-22-29-32-24-31(32)27-18-11-12-19-28(27)35(29)37/h5-23,31-32H,3-4,24H2,1-2H3. The minimum absolute atomic E-state index is 0.0530. The van der Waals surface area contributed by atoms with Crippen LogP contribution in [0.25, 0.3) is 56.4 Å². The van der Waals surface area contributed by atoms with Crippen LogP contribution in [-0.4, -0.2) is 15.0 Å². The topological polar surface area (TPSA) is 38.7 Å². The number of rotatable bonds is 5. The van der Waals surface area contributed by atoms with Gasteiger partial charge in [0, 0.05) is 22.1 Å². The molecule has 1 saturated carbocycles. The largest absolute Gasteiger partial charge is 0.208 e. The molecule has 212 valence electrons. The Hall–Kier alpha value is -4.89. The Kier molecular flexibility index (Phi) is 5.56. The maximum atomic E-state index is 5.21. The SMILES string of the molecule is CCC1(CC)c2cccc(-c3nc(-c4ccccc4)nc(-c4ccccc4)n3)c2-c2c1ccc1c2-c2ccccc2C2CC12. The predicted molar refractivity (Wildman–Crippen MR) is 178 cm³/mol. The van der Waals surface area contributed by atoms with Crippen molar-refractivity contribution in [3.63, 3.8) is 0 Å². The normalized spacial score (nSPS) is 18.0. The van der Waals surface area contributed by atoms with Crippen molar-refractivity contribution in [3.8, 4) is 56.4 Å². The summed E-state index contributed by atoms with van der Waals surface area (Å²) in [4.78, 5) is 15.4. The van der Waals surface area contributed by atoms with Gasteiger partial charge in [-0.05, 0) is 75.6 Å². The van der Waals surface area contributed by atoms with Gasteiger partial charge in [0.15, 0.2) is 17.5 Å². The molecule has 3 aliphatic carbocycles. The minimum Gasteiger partial charge on any atom is -0.208 e. The second-order valence-corrected chi connectivity index (χ2v) is 12.5. The van der Waals surface area contributed by atoms with Gasteiger partial charge in [-0.15, -0.1) is 0 Å². The smallest absolute Gasteiger partial charge is 0.164 e. The van der Waals surface area contributed by atoms with E-state index in [1.807, 2.05) is 36.4 Å². The Labute approximate surface area is 258 Å². The van der Waals surface area contributed by atoms with Gasteiger partial charge in [0.1, 0.15) is 0 Å². The Morgan fingerprint density at radius 3 is 1.75 bits per heavy atom. The maximum Gasteiger partial charge on any atom is 0.164 e. The zero-order valence-electron chi connectivity index (χ0n) is 25.1. The molecule has 1 aromatic heterocycles. The van der Waals surface area contributed by atoms with E-state index in [1.165, 1.54) is 50.9 Å². The number of nitrogens with zero attached hydrogens (tertiary/aromatic N) is 3. The molecule has 1 fully saturated rings. The lowest BCUT2D eigenvalue weighted by Crippen LogP contribution is -2.23. The quantitative estimate of drug-likeness (QED) is 0.208. The number of hydrogen-bond acceptors (Lipinski definition) is 3. The first-order valence-electron chi connectivity index (χ1n) is 16.0. The monoisotopic (exact) mass is 567 g/mol.